The Morgan fingerprint density at radius 3 is 2.10 bits per heavy atom. The molecular weight excluding hydrogens is 262 g/mol. The Morgan fingerprint density at radius 2 is 1.62 bits per heavy atom. The summed E-state index contributed by atoms with van der Waals surface area (Å²) in [6.07, 6.45) is 7.11. The highest BCUT2D eigenvalue weighted by atomic mass is 16.5. The summed E-state index contributed by atoms with van der Waals surface area (Å²) in [5.74, 6) is 0.762. The molecule has 2 rings (SSSR count). The van der Waals surface area contributed by atoms with Crippen LogP contribution in [0.15, 0.2) is 24.3 Å². The molecule has 0 saturated heterocycles. The summed E-state index contributed by atoms with van der Waals surface area (Å²) in [6.45, 7) is 1.79. The van der Waals surface area contributed by atoms with Gasteiger partial charge in [0, 0.05) is 0 Å². The molecule has 0 radical (unpaired) electrons. The predicted octanol–water partition coefficient (Wildman–Crippen LogP) is 4.16. The minimum Gasteiger partial charge on any atom is -0.497 e. The number of aliphatic hydroxyl groups is 1. The summed E-state index contributed by atoms with van der Waals surface area (Å²) in [5.41, 5.74) is -1.03. The van der Waals surface area contributed by atoms with Gasteiger partial charge >= 0.3 is 0 Å². The normalized spacial score (nSPS) is 21.4. The molecule has 0 aliphatic heterocycles. The fourth-order valence-electron chi connectivity index (χ4n) is 3.41. The summed E-state index contributed by atoms with van der Waals surface area (Å²) in [7, 11) is 1.62. The van der Waals surface area contributed by atoms with E-state index in [0.29, 0.717) is 0 Å². The van der Waals surface area contributed by atoms with E-state index in [0.717, 1.165) is 49.8 Å². The van der Waals surface area contributed by atoms with Crippen molar-refractivity contribution in [2.45, 2.75) is 57.5 Å². The lowest BCUT2D eigenvalue weighted by Crippen LogP contribution is -2.43. The first-order valence-electron chi connectivity index (χ1n) is 7.84. The molecule has 0 aromatic heterocycles. The molecule has 1 atom stereocenters. The molecule has 1 saturated carbocycles. The smallest absolute Gasteiger partial charge is 0.118 e. The van der Waals surface area contributed by atoms with Gasteiger partial charge in [-0.1, -0.05) is 44.2 Å². The van der Waals surface area contributed by atoms with Crippen LogP contribution in [0.4, 0.5) is 0 Å². The average molecular weight is 287 g/mol. The van der Waals surface area contributed by atoms with Crippen LogP contribution in [0.1, 0.15) is 57.4 Å². The summed E-state index contributed by atoms with van der Waals surface area (Å²) in [4.78, 5) is 0. The molecule has 1 aliphatic carbocycles. The summed E-state index contributed by atoms with van der Waals surface area (Å²) in [5, 5.41) is 21.0. The Hall–Kier alpha value is -1.53. The highest BCUT2D eigenvalue weighted by Gasteiger charge is 2.48. The molecule has 114 valence electrons. The summed E-state index contributed by atoms with van der Waals surface area (Å²) < 4.78 is 5.17. The van der Waals surface area contributed by atoms with Crippen LogP contribution in [0.5, 0.6) is 5.75 Å². The number of methoxy groups -OCH3 is 1. The Bertz CT molecular complexity index is 491. The quantitative estimate of drug-likeness (QED) is 0.908. The SMILES string of the molecule is COc1ccc(C(C)(O)C2(C#N)CCCCCCC2)cc1. The average Bonchev–Trinajstić information content (AvgIpc) is 2.47. The monoisotopic (exact) mass is 287 g/mol. The molecule has 1 aliphatic rings. The second kappa shape index (κ2) is 6.49. The second-order valence-corrected chi connectivity index (χ2v) is 6.26. The molecule has 0 bridgehead atoms. The van der Waals surface area contributed by atoms with Gasteiger partial charge in [0.2, 0.25) is 0 Å². The zero-order chi connectivity index (χ0) is 15.3. The van der Waals surface area contributed by atoms with Crippen molar-refractivity contribution in [1.29, 1.82) is 5.26 Å². The number of nitrogens with zero attached hydrogens (tertiary/aromatic N) is 1. The summed E-state index contributed by atoms with van der Waals surface area (Å²) in [6, 6.07) is 9.90. The Kier molecular flexibility index (Phi) is 4.90. The molecule has 1 N–H and O–H groups in total. The topological polar surface area (TPSA) is 53.2 Å². The molecule has 1 fully saturated rings. The van der Waals surface area contributed by atoms with Gasteiger partial charge < -0.3 is 9.84 Å². The van der Waals surface area contributed by atoms with Gasteiger partial charge in [-0.05, 0) is 37.5 Å². The minimum absolute atomic E-state index is 0.692. The van der Waals surface area contributed by atoms with Crippen LogP contribution in [-0.2, 0) is 5.60 Å². The van der Waals surface area contributed by atoms with Crippen LogP contribution in [0.2, 0.25) is 0 Å². The van der Waals surface area contributed by atoms with E-state index < -0.39 is 11.0 Å². The third kappa shape index (κ3) is 3.06. The van der Waals surface area contributed by atoms with E-state index in [2.05, 4.69) is 6.07 Å². The fourth-order valence-corrected chi connectivity index (χ4v) is 3.41. The van der Waals surface area contributed by atoms with Crippen molar-refractivity contribution >= 4 is 0 Å². The molecule has 21 heavy (non-hydrogen) atoms. The minimum atomic E-state index is -1.13. The number of hydrogen-bond acceptors (Lipinski definition) is 3. The van der Waals surface area contributed by atoms with Crippen LogP contribution in [0.25, 0.3) is 0 Å². The lowest BCUT2D eigenvalue weighted by molar-refractivity contribution is -0.0582. The predicted molar refractivity (Wildman–Crippen MR) is 82.9 cm³/mol. The van der Waals surface area contributed by atoms with Crippen LogP contribution in [-0.4, -0.2) is 12.2 Å². The molecule has 3 nitrogen and oxygen atoms in total. The maximum atomic E-state index is 11.2. The van der Waals surface area contributed by atoms with Crippen LogP contribution in [0, 0.1) is 16.7 Å². The van der Waals surface area contributed by atoms with Crippen molar-refractivity contribution < 1.29 is 9.84 Å². The van der Waals surface area contributed by atoms with Gasteiger partial charge in [0.05, 0.1) is 18.6 Å². The van der Waals surface area contributed by atoms with Crippen LogP contribution >= 0.6 is 0 Å². The number of nitriles is 1. The number of rotatable bonds is 3. The highest BCUT2D eigenvalue weighted by molar-refractivity contribution is 5.33. The van der Waals surface area contributed by atoms with Gasteiger partial charge in [0.15, 0.2) is 0 Å². The Balaban J connectivity index is 2.34. The van der Waals surface area contributed by atoms with Gasteiger partial charge in [-0.3, -0.25) is 0 Å². The van der Waals surface area contributed by atoms with Crippen molar-refractivity contribution in [3.05, 3.63) is 29.8 Å². The second-order valence-electron chi connectivity index (χ2n) is 6.26. The molecule has 1 unspecified atom stereocenters. The van der Waals surface area contributed by atoms with E-state index in [1.807, 2.05) is 24.3 Å². The van der Waals surface area contributed by atoms with Gasteiger partial charge in [0.25, 0.3) is 0 Å². The molecule has 1 aromatic rings. The maximum Gasteiger partial charge on any atom is 0.118 e. The standard InChI is InChI=1S/C18H25NO2/c1-17(20,15-8-10-16(21-2)11-9-15)18(14-19)12-6-4-3-5-7-13-18/h8-11,20H,3-7,12-13H2,1-2H3. The fraction of sp³-hybridized carbons (Fsp3) is 0.611. The lowest BCUT2D eigenvalue weighted by Gasteiger charge is -2.42. The Labute approximate surface area is 127 Å². The zero-order valence-corrected chi connectivity index (χ0v) is 13.1. The molecule has 0 heterocycles. The van der Waals surface area contributed by atoms with Crippen LogP contribution < -0.4 is 4.74 Å². The third-order valence-corrected chi connectivity index (χ3v) is 5.01. The highest BCUT2D eigenvalue weighted by Crippen LogP contribution is 2.48. The first-order chi connectivity index (χ1) is 10.1. The molecule has 3 heteroatoms. The Morgan fingerprint density at radius 1 is 1.10 bits per heavy atom. The molecule has 1 aromatic carbocycles. The van der Waals surface area contributed by atoms with E-state index in [1.54, 1.807) is 14.0 Å². The number of hydrogen-bond donors (Lipinski definition) is 1. The molecule has 0 spiro atoms. The van der Waals surface area contributed by atoms with Crippen molar-refractivity contribution in [3.8, 4) is 11.8 Å². The van der Waals surface area contributed by atoms with Gasteiger partial charge in [0.1, 0.15) is 11.4 Å². The van der Waals surface area contributed by atoms with Gasteiger partial charge in [-0.15, -0.1) is 0 Å². The van der Waals surface area contributed by atoms with E-state index in [1.165, 1.54) is 6.42 Å². The zero-order valence-electron chi connectivity index (χ0n) is 13.1. The van der Waals surface area contributed by atoms with E-state index in [9.17, 15) is 10.4 Å². The third-order valence-electron chi connectivity index (χ3n) is 5.01. The van der Waals surface area contributed by atoms with Crippen LogP contribution in [0.3, 0.4) is 0 Å². The van der Waals surface area contributed by atoms with E-state index in [4.69, 9.17) is 4.74 Å². The van der Waals surface area contributed by atoms with E-state index in [-0.39, 0.29) is 0 Å². The van der Waals surface area contributed by atoms with E-state index >= 15 is 0 Å². The number of ether oxygens (including phenoxy) is 1. The maximum absolute atomic E-state index is 11.2. The molecule has 0 amide bonds. The van der Waals surface area contributed by atoms with Crippen molar-refractivity contribution in [1.82, 2.24) is 0 Å². The van der Waals surface area contributed by atoms with Gasteiger partial charge in [-0.25, -0.2) is 0 Å². The number of benzene rings is 1. The summed E-state index contributed by atoms with van der Waals surface area (Å²) >= 11 is 0. The van der Waals surface area contributed by atoms with Crippen molar-refractivity contribution in [2.24, 2.45) is 5.41 Å². The molecular formula is C18H25NO2. The van der Waals surface area contributed by atoms with Gasteiger partial charge in [-0.2, -0.15) is 5.26 Å². The first-order valence-corrected chi connectivity index (χ1v) is 7.84. The van der Waals surface area contributed by atoms with Crippen molar-refractivity contribution in [3.63, 3.8) is 0 Å². The lowest BCUT2D eigenvalue weighted by atomic mass is 9.64. The first kappa shape index (κ1) is 15.9. The van der Waals surface area contributed by atoms with Crippen molar-refractivity contribution in [2.75, 3.05) is 7.11 Å². The largest absolute Gasteiger partial charge is 0.497 e.